The van der Waals surface area contributed by atoms with Gasteiger partial charge in [-0.05, 0) is 59.3 Å². The number of aryl methyl sites for hydroxylation is 1. The van der Waals surface area contributed by atoms with Crippen LogP contribution in [0.3, 0.4) is 0 Å². The van der Waals surface area contributed by atoms with Gasteiger partial charge in [-0.1, -0.05) is 6.07 Å². The Balaban J connectivity index is 0.00000392. The van der Waals surface area contributed by atoms with E-state index in [2.05, 4.69) is 0 Å². The molecule has 0 bridgehead atoms. The fraction of sp³-hybridized carbons (Fsp3) is 0.381. The van der Waals surface area contributed by atoms with E-state index in [-0.39, 0.29) is 40.0 Å². The molecule has 2 rings (SSSR count). The first-order valence-corrected chi connectivity index (χ1v) is 9.59. The van der Waals surface area contributed by atoms with Gasteiger partial charge in [0.15, 0.2) is 5.52 Å². The van der Waals surface area contributed by atoms with Crippen molar-refractivity contribution in [2.45, 2.75) is 33.3 Å². The first-order chi connectivity index (χ1) is 12.7. The van der Waals surface area contributed by atoms with E-state index >= 15 is 0 Å². The van der Waals surface area contributed by atoms with Crippen molar-refractivity contribution < 1.29 is 44.0 Å². The molecule has 0 aromatic heterocycles. The average molecular weight is 398 g/mol. The van der Waals surface area contributed by atoms with Crippen molar-refractivity contribution in [3.05, 3.63) is 41.5 Å². The van der Waals surface area contributed by atoms with Crippen molar-refractivity contribution >= 4 is 19.4 Å². The summed E-state index contributed by atoms with van der Waals surface area (Å²) in [4.78, 5) is 13.0. The SMILES string of the molecule is COc1cc(OC)c(C(=O)Pc2ccc(OC(C)(C)C)cc2C)c(OC)c1.[H-].[Li+]. The number of benzene rings is 2. The zero-order valence-electron chi connectivity index (χ0n) is 18.9. The van der Waals surface area contributed by atoms with E-state index in [9.17, 15) is 4.79 Å². The molecule has 148 valence electrons. The Hall–Kier alpha value is -1.66. The van der Waals surface area contributed by atoms with Crippen molar-refractivity contribution in [2.24, 2.45) is 0 Å². The van der Waals surface area contributed by atoms with E-state index in [4.69, 9.17) is 18.9 Å². The van der Waals surface area contributed by atoms with Crippen LogP contribution in [0.15, 0.2) is 30.3 Å². The van der Waals surface area contributed by atoms with Gasteiger partial charge >= 0.3 is 18.9 Å². The molecule has 1 atom stereocenters. The van der Waals surface area contributed by atoms with E-state index < -0.39 is 0 Å². The molecule has 0 heterocycles. The number of hydrogen-bond acceptors (Lipinski definition) is 5. The fourth-order valence-electron chi connectivity index (χ4n) is 2.61. The summed E-state index contributed by atoms with van der Waals surface area (Å²) in [7, 11) is 4.55. The quantitative estimate of drug-likeness (QED) is 0.522. The summed E-state index contributed by atoms with van der Waals surface area (Å²) in [5, 5.41) is 0.959. The van der Waals surface area contributed by atoms with Gasteiger partial charge in [0.25, 0.3) is 0 Å². The Kier molecular flexibility index (Phi) is 8.89. The predicted molar refractivity (Wildman–Crippen MR) is 111 cm³/mol. The minimum absolute atomic E-state index is 0. The van der Waals surface area contributed by atoms with E-state index in [0.29, 0.717) is 22.8 Å². The molecule has 0 aliphatic carbocycles. The normalized spacial score (nSPS) is 11.1. The Bertz CT molecular complexity index is 811. The molecule has 2 aromatic rings. The summed E-state index contributed by atoms with van der Waals surface area (Å²) >= 11 is 0. The topological polar surface area (TPSA) is 54.0 Å². The molecule has 2 aromatic carbocycles. The van der Waals surface area contributed by atoms with Gasteiger partial charge in [0.05, 0.1) is 21.3 Å². The standard InChI is InChI=1S/C21H27O5P.Li.H/c1-13-10-14(26-21(2,3)4)8-9-18(13)27-20(22)19-16(24-6)11-15(23-5)12-17(19)25-7;;/h8-12,27H,1-7H3;;/q;+1;-1. The monoisotopic (exact) mass is 398 g/mol. The van der Waals surface area contributed by atoms with Crippen LogP contribution in [0, 0.1) is 6.92 Å². The van der Waals surface area contributed by atoms with Crippen LogP contribution < -0.4 is 43.1 Å². The Morgan fingerprint density at radius 1 is 0.929 bits per heavy atom. The first-order valence-electron chi connectivity index (χ1n) is 8.59. The second kappa shape index (κ2) is 10.2. The van der Waals surface area contributed by atoms with E-state index in [1.54, 1.807) is 19.2 Å². The third-order valence-corrected chi connectivity index (χ3v) is 5.12. The van der Waals surface area contributed by atoms with E-state index in [1.165, 1.54) is 14.2 Å². The summed E-state index contributed by atoms with van der Waals surface area (Å²) < 4.78 is 21.9. The molecule has 0 saturated heterocycles. The number of ether oxygens (including phenoxy) is 4. The second-order valence-electron chi connectivity index (χ2n) is 7.05. The average Bonchev–Trinajstić information content (AvgIpc) is 2.61. The fourth-order valence-corrected chi connectivity index (χ4v) is 3.66. The number of carbonyl (C=O) groups is 1. The predicted octanol–water partition coefficient (Wildman–Crippen LogP) is 1.46. The summed E-state index contributed by atoms with van der Waals surface area (Å²) in [5.74, 6) is 2.24. The third-order valence-electron chi connectivity index (χ3n) is 3.81. The molecule has 0 fully saturated rings. The molecular weight excluding hydrogens is 370 g/mol. The molecule has 5 nitrogen and oxygen atoms in total. The molecule has 0 radical (unpaired) electrons. The van der Waals surface area contributed by atoms with Gasteiger partial charge in [-0.15, -0.1) is 0 Å². The smallest absolute Gasteiger partial charge is 1.00 e. The molecule has 7 heteroatoms. The Morgan fingerprint density at radius 3 is 1.93 bits per heavy atom. The maximum absolute atomic E-state index is 13.0. The Morgan fingerprint density at radius 2 is 1.50 bits per heavy atom. The molecule has 28 heavy (non-hydrogen) atoms. The molecule has 0 aliphatic rings. The third kappa shape index (κ3) is 6.17. The second-order valence-corrected chi connectivity index (χ2v) is 8.30. The molecule has 0 saturated carbocycles. The van der Waals surface area contributed by atoms with Gasteiger partial charge in [0.1, 0.15) is 34.2 Å². The largest absolute Gasteiger partial charge is 1.00 e. The summed E-state index contributed by atoms with van der Waals surface area (Å²) in [5.41, 5.74) is 1.11. The van der Waals surface area contributed by atoms with Crippen LogP contribution in [0.5, 0.6) is 23.0 Å². The Labute approximate surface area is 182 Å². The summed E-state index contributed by atoms with van der Waals surface area (Å²) in [6.07, 6.45) is 0. The summed E-state index contributed by atoms with van der Waals surface area (Å²) in [6, 6.07) is 9.18. The van der Waals surface area contributed by atoms with Crippen molar-refractivity contribution in [3.63, 3.8) is 0 Å². The van der Waals surface area contributed by atoms with Gasteiger partial charge < -0.3 is 20.4 Å². The van der Waals surface area contributed by atoms with Crippen molar-refractivity contribution in [3.8, 4) is 23.0 Å². The number of hydrogen-bond donors (Lipinski definition) is 0. The van der Waals surface area contributed by atoms with Crippen LogP contribution in [0.1, 0.15) is 38.1 Å². The first kappa shape index (κ1) is 24.4. The van der Waals surface area contributed by atoms with Crippen LogP contribution in [0.25, 0.3) is 0 Å². The number of carbonyl (C=O) groups excluding carboxylic acids is 1. The molecular formula is C21H28LiO5P. The minimum Gasteiger partial charge on any atom is -1.00 e. The minimum atomic E-state index is -0.268. The maximum atomic E-state index is 13.0. The van der Waals surface area contributed by atoms with Crippen molar-refractivity contribution in [1.82, 2.24) is 0 Å². The van der Waals surface area contributed by atoms with Gasteiger partial charge in [-0.3, -0.25) is 4.79 Å². The molecule has 1 unspecified atom stereocenters. The molecule has 0 amide bonds. The van der Waals surface area contributed by atoms with Crippen molar-refractivity contribution in [1.29, 1.82) is 0 Å². The van der Waals surface area contributed by atoms with Crippen LogP contribution in [0.2, 0.25) is 0 Å². The van der Waals surface area contributed by atoms with Gasteiger partial charge in [-0.25, -0.2) is 0 Å². The molecule has 0 aliphatic heterocycles. The van der Waals surface area contributed by atoms with Gasteiger partial charge in [0.2, 0.25) is 0 Å². The number of methoxy groups -OCH3 is 3. The zero-order valence-corrected chi connectivity index (χ0v) is 18.9. The number of rotatable bonds is 7. The van der Waals surface area contributed by atoms with Crippen LogP contribution in [-0.2, 0) is 0 Å². The van der Waals surface area contributed by atoms with Crippen LogP contribution in [-0.4, -0.2) is 32.5 Å². The molecule has 0 spiro atoms. The van der Waals surface area contributed by atoms with Crippen LogP contribution >= 0.6 is 8.58 Å². The van der Waals surface area contributed by atoms with Gasteiger partial charge in [-0.2, -0.15) is 0 Å². The van der Waals surface area contributed by atoms with Gasteiger partial charge in [0, 0.05) is 12.1 Å². The zero-order chi connectivity index (χ0) is 20.2. The maximum Gasteiger partial charge on any atom is 1.00 e. The van der Waals surface area contributed by atoms with Crippen molar-refractivity contribution in [2.75, 3.05) is 21.3 Å². The van der Waals surface area contributed by atoms with Crippen LogP contribution in [0.4, 0.5) is 0 Å². The molecule has 0 N–H and O–H groups in total. The summed E-state index contributed by atoms with van der Waals surface area (Å²) in [6.45, 7) is 7.99. The van der Waals surface area contributed by atoms with E-state index in [0.717, 1.165) is 16.6 Å². The van der Waals surface area contributed by atoms with E-state index in [1.807, 2.05) is 45.9 Å².